The molecule has 0 aliphatic rings. The molecule has 5 N–H and O–H groups in total. The van der Waals surface area contributed by atoms with E-state index in [1.807, 2.05) is 0 Å². The third-order valence-corrected chi connectivity index (χ3v) is 1.58. The number of nitrogens with two attached hydrogens (primary N) is 1. The first-order chi connectivity index (χ1) is 7.50. The van der Waals surface area contributed by atoms with Crippen LogP contribution in [0.1, 0.15) is 0 Å². The summed E-state index contributed by atoms with van der Waals surface area (Å²) >= 11 is 0. The van der Waals surface area contributed by atoms with E-state index in [4.69, 9.17) is 16.2 Å². The van der Waals surface area contributed by atoms with E-state index >= 15 is 0 Å². The molecular weight excluding hydrogens is 215 g/mol. The predicted molar refractivity (Wildman–Crippen MR) is 57.0 cm³/mol. The maximum absolute atomic E-state index is 12.7. The number of benzene rings is 1. The average molecular weight is 224 g/mol. The highest BCUT2D eigenvalue weighted by atomic mass is 19.1. The second-order valence-electron chi connectivity index (χ2n) is 2.80. The summed E-state index contributed by atoms with van der Waals surface area (Å²) in [6.45, 7) is 0. The monoisotopic (exact) mass is 224 g/mol. The van der Waals surface area contributed by atoms with Crippen LogP contribution in [0.5, 0.6) is 0 Å². The fraction of sp³-hybridized carbons (Fsp3) is 0. The molecule has 0 spiro atoms. The molecule has 1 aromatic carbocycles. The first kappa shape index (κ1) is 11.6. The molecular formula is C9H9FN4O2. The summed E-state index contributed by atoms with van der Waals surface area (Å²) in [7, 11) is 0. The average Bonchev–Trinajstić information content (AvgIpc) is 2.16. The van der Waals surface area contributed by atoms with Crippen molar-refractivity contribution in [2.75, 3.05) is 5.43 Å². The molecule has 1 rings (SSSR count). The van der Waals surface area contributed by atoms with Gasteiger partial charge >= 0.3 is 5.97 Å². The lowest BCUT2D eigenvalue weighted by Crippen LogP contribution is -2.30. The minimum Gasteiger partial charge on any atom is -0.476 e. The fourth-order valence-electron chi connectivity index (χ4n) is 0.902. The van der Waals surface area contributed by atoms with Gasteiger partial charge in [-0.05, 0) is 18.2 Å². The molecule has 6 nitrogen and oxygen atoms in total. The maximum Gasteiger partial charge on any atom is 0.360 e. The molecule has 84 valence electrons. The summed E-state index contributed by atoms with van der Waals surface area (Å²) in [6.07, 6.45) is 0. The van der Waals surface area contributed by atoms with Gasteiger partial charge in [-0.15, -0.1) is 0 Å². The summed E-state index contributed by atoms with van der Waals surface area (Å²) in [4.78, 5) is 10.6. The number of hydrazone groups is 1. The van der Waals surface area contributed by atoms with E-state index in [-0.39, 0.29) is 5.69 Å². The molecule has 0 bridgehead atoms. The largest absolute Gasteiger partial charge is 0.476 e. The number of hydrogen-bond acceptors (Lipinski definition) is 4. The SMILES string of the molecule is N=C(N)/C(=N\Nc1cccc(F)c1)C(=O)O. The van der Waals surface area contributed by atoms with E-state index in [0.29, 0.717) is 0 Å². The Balaban J connectivity index is 2.85. The number of hydrogen-bond donors (Lipinski definition) is 4. The van der Waals surface area contributed by atoms with Crippen LogP contribution < -0.4 is 11.2 Å². The highest BCUT2D eigenvalue weighted by molar-refractivity contribution is 6.64. The number of carboxylic acids is 1. The van der Waals surface area contributed by atoms with Crippen molar-refractivity contribution in [2.24, 2.45) is 10.8 Å². The molecule has 16 heavy (non-hydrogen) atoms. The van der Waals surface area contributed by atoms with Gasteiger partial charge in [0.2, 0.25) is 5.71 Å². The van der Waals surface area contributed by atoms with Gasteiger partial charge in [-0.2, -0.15) is 5.10 Å². The Kier molecular flexibility index (Phi) is 3.54. The number of nitrogens with one attached hydrogen (secondary N) is 2. The normalized spacial score (nSPS) is 10.9. The maximum atomic E-state index is 12.7. The predicted octanol–water partition coefficient (Wildman–Crippen LogP) is 0.614. The van der Waals surface area contributed by atoms with Crippen LogP contribution in [-0.4, -0.2) is 22.6 Å². The zero-order valence-corrected chi connectivity index (χ0v) is 8.07. The molecule has 0 aromatic heterocycles. The number of rotatable bonds is 4. The van der Waals surface area contributed by atoms with Crippen molar-refractivity contribution in [3.05, 3.63) is 30.1 Å². The topological polar surface area (TPSA) is 112 Å². The first-order valence-corrected chi connectivity index (χ1v) is 4.17. The van der Waals surface area contributed by atoms with Crippen LogP contribution in [-0.2, 0) is 4.79 Å². The molecule has 0 saturated carbocycles. The third kappa shape index (κ3) is 3.05. The summed E-state index contributed by atoms with van der Waals surface area (Å²) in [5.41, 5.74) is 6.91. The Hall–Kier alpha value is -2.44. The van der Waals surface area contributed by atoms with Crippen molar-refractivity contribution in [1.82, 2.24) is 0 Å². The number of amidine groups is 1. The van der Waals surface area contributed by atoms with Crippen LogP contribution in [0.15, 0.2) is 29.4 Å². The van der Waals surface area contributed by atoms with E-state index in [9.17, 15) is 9.18 Å². The van der Waals surface area contributed by atoms with Crippen molar-refractivity contribution in [3.8, 4) is 0 Å². The Morgan fingerprint density at radius 1 is 1.56 bits per heavy atom. The van der Waals surface area contributed by atoms with Crippen LogP contribution >= 0.6 is 0 Å². The van der Waals surface area contributed by atoms with Gasteiger partial charge in [0.1, 0.15) is 5.82 Å². The number of halogens is 1. The van der Waals surface area contributed by atoms with Gasteiger partial charge in [-0.25, -0.2) is 9.18 Å². The summed E-state index contributed by atoms with van der Waals surface area (Å²) in [5.74, 6) is -2.60. The highest BCUT2D eigenvalue weighted by Crippen LogP contribution is 2.08. The highest BCUT2D eigenvalue weighted by Gasteiger charge is 2.12. The molecule has 0 heterocycles. The minimum absolute atomic E-state index is 0.264. The number of carboxylic acid groups (broad SMARTS) is 1. The molecule has 0 aliphatic heterocycles. The molecule has 0 amide bonds. The van der Waals surface area contributed by atoms with Crippen LogP contribution in [0, 0.1) is 11.2 Å². The number of nitrogens with zero attached hydrogens (tertiary/aromatic N) is 1. The zero-order valence-electron chi connectivity index (χ0n) is 8.07. The summed E-state index contributed by atoms with van der Waals surface area (Å²) < 4.78 is 12.7. The minimum atomic E-state index is -1.43. The molecule has 7 heteroatoms. The Bertz CT molecular complexity index is 443. The van der Waals surface area contributed by atoms with Gasteiger partial charge in [-0.3, -0.25) is 10.8 Å². The van der Waals surface area contributed by atoms with Gasteiger partial charge in [0.15, 0.2) is 5.84 Å². The third-order valence-electron chi connectivity index (χ3n) is 1.58. The Morgan fingerprint density at radius 3 is 2.75 bits per heavy atom. The molecule has 0 atom stereocenters. The molecule has 0 fully saturated rings. The van der Waals surface area contributed by atoms with E-state index in [1.165, 1.54) is 18.2 Å². The number of aliphatic carboxylic acids is 1. The quantitative estimate of drug-likeness (QED) is 0.341. The lowest BCUT2D eigenvalue weighted by atomic mass is 10.3. The molecule has 1 aromatic rings. The van der Waals surface area contributed by atoms with Gasteiger partial charge in [0.25, 0.3) is 0 Å². The van der Waals surface area contributed by atoms with E-state index in [1.54, 1.807) is 0 Å². The van der Waals surface area contributed by atoms with Crippen LogP contribution in [0.3, 0.4) is 0 Å². The zero-order chi connectivity index (χ0) is 12.1. The van der Waals surface area contributed by atoms with Crippen LogP contribution in [0.4, 0.5) is 10.1 Å². The smallest absolute Gasteiger partial charge is 0.360 e. The van der Waals surface area contributed by atoms with Gasteiger partial charge in [-0.1, -0.05) is 6.07 Å². The van der Waals surface area contributed by atoms with Gasteiger partial charge in [0, 0.05) is 0 Å². The standard InChI is InChI=1S/C9H9FN4O2/c10-5-2-1-3-6(4-5)13-14-7(8(11)12)9(15)16/h1-4,13H,(H3,11,12)(H,15,16)/b14-7+. The van der Waals surface area contributed by atoms with Gasteiger partial charge < -0.3 is 10.8 Å². The van der Waals surface area contributed by atoms with Crippen molar-refractivity contribution >= 4 is 23.2 Å². The molecule has 0 unspecified atom stereocenters. The number of carbonyl (C=O) groups is 1. The van der Waals surface area contributed by atoms with Crippen molar-refractivity contribution in [1.29, 1.82) is 5.41 Å². The van der Waals surface area contributed by atoms with Crippen molar-refractivity contribution in [2.45, 2.75) is 0 Å². The molecule has 0 saturated heterocycles. The van der Waals surface area contributed by atoms with E-state index in [0.717, 1.165) is 6.07 Å². The van der Waals surface area contributed by atoms with E-state index in [2.05, 4.69) is 10.5 Å². The first-order valence-electron chi connectivity index (χ1n) is 4.17. The summed E-state index contributed by atoms with van der Waals surface area (Å²) in [5, 5.41) is 18.9. The Labute approximate surface area is 90.1 Å². The van der Waals surface area contributed by atoms with Gasteiger partial charge in [0.05, 0.1) is 5.69 Å². The molecule has 0 aliphatic carbocycles. The van der Waals surface area contributed by atoms with Crippen LogP contribution in [0.2, 0.25) is 0 Å². The summed E-state index contributed by atoms with van der Waals surface area (Å²) in [6, 6.07) is 5.29. The van der Waals surface area contributed by atoms with Crippen LogP contribution in [0.25, 0.3) is 0 Å². The van der Waals surface area contributed by atoms with Crippen molar-refractivity contribution < 1.29 is 14.3 Å². The molecule has 0 radical (unpaired) electrons. The second-order valence-corrected chi connectivity index (χ2v) is 2.80. The van der Waals surface area contributed by atoms with E-state index < -0.39 is 23.3 Å². The number of anilines is 1. The lowest BCUT2D eigenvalue weighted by molar-refractivity contribution is -0.129. The Morgan fingerprint density at radius 2 is 2.25 bits per heavy atom. The van der Waals surface area contributed by atoms with Crippen molar-refractivity contribution in [3.63, 3.8) is 0 Å². The fourth-order valence-corrected chi connectivity index (χ4v) is 0.902. The second kappa shape index (κ2) is 4.87. The lowest BCUT2D eigenvalue weighted by Gasteiger charge is -2.02.